The molecule has 0 aliphatic carbocycles. The summed E-state index contributed by atoms with van der Waals surface area (Å²) >= 11 is 0. The lowest BCUT2D eigenvalue weighted by atomic mass is 9.97. The molecule has 0 aromatic carbocycles. The van der Waals surface area contributed by atoms with Crippen LogP contribution in [-0.2, 0) is 38.1 Å². The molecule has 30 heavy (non-hydrogen) atoms. The van der Waals surface area contributed by atoms with E-state index in [4.69, 9.17) is 23.7 Å². The number of rotatable bonds is 15. The fraction of sp³-hybridized carbons (Fsp3) is 0.882. The molecule has 5 atom stereocenters. The van der Waals surface area contributed by atoms with Crippen LogP contribution in [0.2, 0.25) is 0 Å². The molecule has 0 saturated carbocycles. The molecule has 13 heteroatoms. The Bertz CT molecular complexity index is 496. The summed E-state index contributed by atoms with van der Waals surface area (Å²) in [5.74, 6) is -0.821. The van der Waals surface area contributed by atoms with Crippen LogP contribution in [0.15, 0.2) is 0 Å². The van der Waals surface area contributed by atoms with Crippen LogP contribution in [0.25, 0.3) is 0 Å². The van der Waals surface area contributed by atoms with Crippen molar-refractivity contribution in [3.8, 4) is 0 Å². The maximum absolute atomic E-state index is 11.3. The van der Waals surface area contributed by atoms with E-state index in [0.29, 0.717) is 6.61 Å². The highest BCUT2D eigenvalue weighted by molar-refractivity contribution is 5.76. The fourth-order valence-corrected chi connectivity index (χ4v) is 2.58. The van der Waals surface area contributed by atoms with Crippen LogP contribution in [0.4, 0.5) is 0 Å². The highest BCUT2D eigenvalue weighted by atomic mass is 16.7. The first-order valence-electron chi connectivity index (χ1n) is 9.46. The van der Waals surface area contributed by atoms with Crippen molar-refractivity contribution in [2.24, 2.45) is 0 Å². The molecule has 1 heterocycles. The second-order valence-electron chi connectivity index (χ2n) is 6.31. The Morgan fingerprint density at radius 3 is 2.13 bits per heavy atom. The number of aliphatic hydroxyl groups is 3. The second kappa shape index (κ2) is 15.4. The van der Waals surface area contributed by atoms with Crippen molar-refractivity contribution >= 4 is 11.8 Å². The molecule has 5 N–H and O–H groups in total. The van der Waals surface area contributed by atoms with Crippen molar-refractivity contribution in [1.82, 2.24) is 10.8 Å². The summed E-state index contributed by atoms with van der Waals surface area (Å²) in [7, 11) is 1.33. The third-order valence-electron chi connectivity index (χ3n) is 3.95. The van der Waals surface area contributed by atoms with Gasteiger partial charge in [-0.2, -0.15) is 0 Å². The fourth-order valence-electron chi connectivity index (χ4n) is 2.58. The lowest BCUT2D eigenvalue weighted by Crippen LogP contribution is -2.64. The van der Waals surface area contributed by atoms with Gasteiger partial charge in [-0.3, -0.25) is 14.4 Å². The van der Waals surface area contributed by atoms with Gasteiger partial charge in [0.1, 0.15) is 31.0 Å². The summed E-state index contributed by atoms with van der Waals surface area (Å²) in [6.07, 6.45) is -4.82. The minimum Gasteiger partial charge on any atom is -0.394 e. The number of ether oxygens (including phenoxy) is 5. The van der Waals surface area contributed by atoms with Gasteiger partial charge in [0, 0.05) is 6.92 Å². The van der Waals surface area contributed by atoms with Gasteiger partial charge >= 0.3 is 0 Å². The van der Waals surface area contributed by atoms with E-state index < -0.39 is 49.1 Å². The number of hydroxylamine groups is 1. The number of nitrogens with one attached hydrogen (secondary N) is 2. The Labute approximate surface area is 174 Å². The third kappa shape index (κ3) is 10.1. The van der Waals surface area contributed by atoms with Crippen molar-refractivity contribution in [2.75, 3.05) is 60.0 Å². The van der Waals surface area contributed by atoms with Gasteiger partial charge in [-0.05, 0) is 0 Å². The number of hydrogen-bond acceptors (Lipinski definition) is 11. The molecule has 1 saturated heterocycles. The molecule has 13 nitrogen and oxygen atoms in total. The van der Waals surface area contributed by atoms with Crippen LogP contribution in [0.5, 0.6) is 0 Å². The van der Waals surface area contributed by atoms with Gasteiger partial charge in [0.2, 0.25) is 5.91 Å². The number of carbonyl (C=O) groups excluding carboxylic acids is 2. The van der Waals surface area contributed by atoms with Gasteiger partial charge in [0.25, 0.3) is 5.91 Å². The van der Waals surface area contributed by atoms with Crippen LogP contribution in [-0.4, -0.2) is 118 Å². The van der Waals surface area contributed by atoms with Gasteiger partial charge in [-0.15, -0.1) is 0 Å². The Balaban J connectivity index is 2.15. The minimum absolute atomic E-state index is 0.0828. The molecule has 2 amide bonds. The molecule has 1 rings (SSSR count). The van der Waals surface area contributed by atoms with Crippen LogP contribution in [0.1, 0.15) is 6.92 Å². The lowest BCUT2D eigenvalue weighted by Gasteiger charge is -2.42. The van der Waals surface area contributed by atoms with E-state index in [9.17, 15) is 24.9 Å². The van der Waals surface area contributed by atoms with Crippen molar-refractivity contribution in [3.63, 3.8) is 0 Å². The number of hydrogen-bond donors (Lipinski definition) is 5. The van der Waals surface area contributed by atoms with Gasteiger partial charge in [0.15, 0.2) is 6.29 Å². The average molecular weight is 440 g/mol. The van der Waals surface area contributed by atoms with E-state index in [1.165, 1.54) is 14.0 Å². The molecule has 0 unspecified atom stereocenters. The summed E-state index contributed by atoms with van der Waals surface area (Å²) in [6.45, 7) is 2.01. The van der Waals surface area contributed by atoms with Crippen LogP contribution in [0.3, 0.4) is 0 Å². The zero-order valence-corrected chi connectivity index (χ0v) is 17.2. The quantitative estimate of drug-likeness (QED) is 0.127. The van der Waals surface area contributed by atoms with Gasteiger partial charge in [-0.1, -0.05) is 0 Å². The standard InChI is InChI=1S/C17H32N2O11/c1-11(21)18-14-16(24)15(23)12(9-20)30-17(14)29-8-7-27-4-3-26-5-6-28-10-13(22)19-25-2/h12,14-17,20,23-24H,3-10H2,1-2H3,(H,18,21)(H,19,22)/t12-,14-,15+,16-,17-/m1/s1. The molecule has 176 valence electrons. The molecular weight excluding hydrogens is 408 g/mol. The van der Waals surface area contributed by atoms with Gasteiger partial charge in [-0.25, -0.2) is 5.48 Å². The zero-order valence-electron chi connectivity index (χ0n) is 17.2. The highest BCUT2D eigenvalue weighted by Gasteiger charge is 2.45. The minimum atomic E-state index is -1.36. The van der Waals surface area contributed by atoms with E-state index in [1.807, 2.05) is 0 Å². The Morgan fingerprint density at radius 1 is 0.967 bits per heavy atom. The Morgan fingerprint density at radius 2 is 1.57 bits per heavy atom. The molecule has 0 spiro atoms. The molecular formula is C17H32N2O11. The SMILES string of the molecule is CONC(=O)COCCOCCOCCO[C@@H]1O[C@H](CO)[C@H](O)[C@H](O)[C@H]1NC(C)=O. The van der Waals surface area contributed by atoms with E-state index >= 15 is 0 Å². The molecule has 1 aliphatic rings. The number of carbonyl (C=O) groups is 2. The molecule has 0 radical (unpaired) electrons. The largest absolute Gasteiger partial charge is 0.394 e. The monoisotopic (exact) mass is 440 g/mol. The molecule has 1 aliphatic heterocycles. The summed E-state index contributed by atoms with van der Waals surface area (Å²) in [5, 5.41) is 31.8. The van der Waals surface area contributed by atoms with Crippen molar-refractivity contribution in [1.29, 1.82) is 0 Å². The van der Waals surface area contributed by atoms with E-state index in [1.54, 1.807) is 0 Å². The number of aliphatic hydroxyl groups excluding tert-OH is 3. The van der Waals surface area contributed by atoms with E-state index in [2.05, 4.69) is 15.6 Å². The molecule has 1 fully saturated rings. The maximum atomic E-state index is 11.3. The van der Waals surface area contributed by atoms with Crippen LogP contribution < -0.4 is 10.8 Å². The maximum Gasteiger partial charge on any atom is 0.269 e. The predicted octanol–water partition coefficient (Wildman–Crippen LogP) is -3.33. The lowest BCUT2D eigenvalue weighted by molar-refractivity contribution is -0.272. The summed E-state index contributed by atoms with van der Waals surface area (Å²) in [4.78, 5) is 26.8. The van der Waals surface area contributed by atoms with Crippen LogP contribution in [0, 0.1) is 0 Å². The van der Waals surface area contributed by atoms with Crippen molar-refractivity contribution in [2.45, 2.75) is 37.6 Å². The Kier molecular flexibility index (Phi) is 13.7. The van der Waals surface area contributed by atoms with Crippen molar-refractivity contribution < 1.29 is 53.4 Å². The summed E-state index contributed by atoms with van der Waals surface area (Å²) in [5.41, 5.74) is 2.12. The van der Waals surface area contributed by atoms with Gasteiger partial charge < -0.3 is 44.3 Å². The molecule has 0 aromatic heterocycles. The van der Waals surface area contributed by atoms with Gasteiger partial charge in [0.05, 0.1) is 53.4 Å². The highest BCUT2D eigenvalue weighted by Crippen LogP contribution is 2.22. The summed E-state index contributed by atoms with van der Waals surface area (Å²) < 4.78 is 26.6. The van der Waals surface area contributed by atoms with Crippen molar-refractivity contribution in [3.05, 3.63) is 0 Å². The first kappa shape index (κ1) is 26.6. The molecule has 0 bridgehead atoms. The first-order chi connectivity index (χ1) is 14.4. The predicted molar refractivity (Wildman–Crippen MR) is 98.9 cm³/mol. The zero-order chi connectivity index (χ0) is 22.4. The smallest absolute Gasteiger partial charge is 0.269 e. The number of amides is 2. The van der Waals surface area contributed by atoms with E-state index in [-0.39, 0.29) is 39.6 Å². The summed E-state index contributed by atoms with van der Waals surface area (Å²) in [6, 6.07) is -0.991. The third-order valence-corrected chi connectivity index (χ3v) is 3.95. The second-order valence-corrected chi connectivity index (χ2v) is 6.31. The first-order valence-corrected chi connectivity index (χ1v) is 9.46. The topological polar surface area (TPSA) is 174 Å². The average Bonchev–Trinajstić information content (AvgIpc) is 2.71. The normalized spacial score (nSPS) is 26.4. The molecule has 0 aromatic rings. The van der Waals surface area contributed by atoms with Crippen LogP contribution >= 0.6 is 0 Å². The van der Waals surface area contributed by atoms with E-state index in [0.717, 1.165) is 0 Å². The Hall–Kier alpha value is -1.42.